The summed E-state index contributed by atoms with van der Waals surface area (Å²) in [5, 5.41) is 11.6. The fourth-order valence-corrected chi connectivity index (χ4v) is 1.03. The summed E-state index contributed by atoms with van der Waals surface area (Å²) in [6.07, 6.45) is 0. The molecule has 0 saturated carbocycles. The summed E-state index contributed by atoms with van der Waals surface area (Å²) < 4.78 is 13.2. The lowest BCUT2D eigenvalue weighted by Gasteiger charge is -2.21. The minimum atomic E-state index is -1.05. The molecule has 0 spiro atoms. The van der Waals surface area contributed by atoms with Gasteiger partial charge in [-0.05, 0) is 19.9 Å². The van der Waals surface area contributed by atoms with Gasteiger partial charge in [0.25, 0.3) is 0 Å². The second-order valence-electron chi connectivity index (χ2n) is 3.88. The summed E-state index contributed by atoms with van der Waals surface area (Å²) in [5.74, 6) is -1.29. The smallest absolute Gasteiger partial charge is 0.323 e. The number of benzene rings is 1. The normalized spacial score (nSPS) is 11.4. The monoisotopic (exact) mass is 211 g/mol. The van der Waals surface area contributed by atoms with E-state index in [9.17, 15) is 9.18 Å². The zero-order valence-electron chi connectivity index (χ0n) is 8.75. The van der Waals surface area contributed by atoms with Crippen LogP contribution < -0.4 is 5.32 Å². The fraction of sp³-hybridized carbons (Fsp3) is 0.364. The lowest BCUT2D eigenvalue weighted by molar-refractivity contribution is -0.143. The Morgan fingerprint density at radius 2 is 2.07 bits per heavy atom. The van der Waals surface area contributed by atoms with Gasteiger partial charge in [-0.3, -0.25) is 10.1 Å². The highest BCUT2D eigenvalue weighted by Gasteiger charge is 2.26. The highest BCUT2D eigenvalue weighted by Crippen LogP contribution is 2.09. The summed E-state index contributed by atoms with van der Waals surface area (Å²) >= 11 is 0. The van der Waals surface area contributed by atoms with E-state index in [2.05, 4.69) is 5.32 Å². The molecule has 15 heavy (non-hydrogen) atoms. The standard InChI is InChI=1S/C11H14FNO2/c1-11(2,10(14)15)13-7-8-5-3-4-6-9(8)12/h3-6,13H,7H2,1-2H3,(H,14,15). The maximum Gasteiger partial charge on any atom is 0.323 e. The molecule has 0 saturated heterocycles. The highest BCUT2D eigenvalue weighted by molar-refractivity contribution is 5.77. The molecule has 3 nitrogen and oxygen atoms in total. The molecule has 1 aromatic rings. The van der Waals surface area contributed by atoms with E-state index in [-0.39, 0.29) is 12.4 Å². The number of carboxylic acids is 1. The number of rotatable bonds is 4. The van der Waals surface area contributed by atoms with Gasteiger partial charge >= 0.3 is 5.97 Å². The van der Waals surface area contributed by atoms with E-state index in [1.807, 2.05) is 0 Å². The van der Waals surface area contributed by atoms with Gasteiger partial charge in [0.05, 0.1) is 0 Å². The number of carboxylic acid groups (broad SMARTS) is 1. The van der Waals surface area contributed by atoms with Crippen molar-refractivity contribution in [3.8, 4) is 0 Å². The average molecular weight is 211 g/mol. The molecular formula is C11H14FNO2. The van der Waals surface area contributed by atoms with Crippen molar-refractivity contribution in [1.82, 2.24) is 5.32 Å². The van der Waals surface area contributed by atoms with Gasteiger partial charge in [-0.1, -0.05) is 18.2 Å². The quantitative estimate of drug-likeness (QED) is 0.798. The number of nitrogens with one attached hydrogen (secondary N) is 1. The van der Waals surface area contributed by atoms with Gasteiger partial charge in [0.1, 0.15) is 11.4 Å². The van der Waals surface area contributed by atoms with E-state index in [1.165, 1.54) is 19.9 Å². The van der Waals surface area contributed by atoms with E-state index in [0.29, 0.717) is 5.56 Å². The van der Waals surface area contributed by atoms with Gasteiger partial charge in [-0.25, -0.2) is 4.39 Å². The molecule has 0 atom stereocenters. The molecule has 1 aromatic carbocycles. The number of halogens is 1. The Kier molecular flexibility index (Phi) is 3.42. The third-order valence-corrected chi connectivity index (χ3v) is 2.21. The van der Waals surface area contributed by atoms with Crippen LogP contribution in [0.2, 0.25) is 0 Å². The molecule has 0 amide bonds. The van der Waals surface area contributed by atoms with Crippen molar-refractivity contribution < 1.29 is 14.3 Å². The molecule has 0 aromatic heterocycles. The molecular weight excluding hydrogens is 197 g/mol. The van der Waals surface area contributed by atoms with Crippen LogP contribution in [0.25, 0.3) is 0 Å². The summed E-state index contributed by atoms with van der Waals surface area (Å²) in [4.78, 5) is 10.8. The van der Waals surface area contributed by atoms with Crippen LogP contribution in [0, 0.1) is 5.82 Å². The Labute approximate surface area is 87.9 Å². The molecule has 0 aliphatic carbocycles. The highest BCUT2D eigenvalue weighted by atomic mass is 19.1. The van der Waals surface area contributed by atoms with Crippen LogP contribution in [0.15, 0.2) is 24.3 Å². The first kappa shape index (κ1) is 11.7. The van der Waals surface area contributed by atoms with E-state index in [4.69, 9.17) is 5.11 Å². The van der Waals surface area contributed by atoms with Crippen molar-refractivity contribution in [2.75, 3.05) is 0 Å². The van der Waals surface area contributed by atoms with Gasteiger partial charge in [0, 0.05) is 12.1 Å². The van der Waals surface area contributed by atoms with Crippen LogP contribution in [-0.2, 0) is 11.3 Å². The molecule has 82 valence electrons. The van der Waals surface area contributed by atoms with Gasteiger partial charge in [0.15, 0.2) is 0 Å². The predicted molar refractivity (Wildman–Crippen MR) is 55.0 cm³/mol. The van der Waals surface area contributed by atoms with E-state index >= 15 is 0 Å². The van der Waals surface area contributed by atoms with E-state index in [1.54, 1.807) is 18.2 Å². The first-order valence-electron chi connectivity index (χ1n) is 4.65. The lowest BCUT2D eigenvalue weighted by atomic mass is 10.1. The molecule has 4 heteroatoms. The lowest BCUT2D eigenvalue weighted by Crippen LogP contribution is -2.46. The minimum absolute atomic E-state index is 0.200. The summed E-state index contributed by atoms with van der Waals surface area (Å²) in [7, 11) is 0. The Bertz CT molecular complexity index is 363. The van der Waals surface area contributed by atoms with Gasteiger partial charge in [-0.2, -0.15) is 0 Å². The van der Waals surface area contributed by atoms with Gasteiger partial charge in [0.2, 0.25) is 0 Å². The second kappa shape index (κ2) is 4.40. The third kappa shape index (κ3) is 3.02. The summed E-state index contributed by atoms with van der Waals surface area (Å²) in [5.41, 5.74) is -0.589. The molecule has 0 heterocycles. The number of carbonyl (C=O) groups is 1. The fourth-order valence-electron chi connectivity index (χ4n) is 1.03. The second-order valence-corrected chi connectivity index (χ2v) is 3.88. The molecule has 2 N–H and O–H groups in total. The van der Waals surface area contributed by atoms with Crippen LogP contribution in [0.5, 0.6) is 0 Å². The zero-order valence-corrected chi connectivity index (χ0v) is 8.75. The number of aliphatic carboxylic acids is 1. The zero-order chi connectivity index (χ0) is 11.5. The Morgan fingerprint density at radius 3 is 2.60 bits per heavy atom. The molecule has 0 fully saturated rings. The molecule has 1 rings (SSSR count). The van der Waals surface area contributed by atoms with Crippen LogP contribution in [0.1, 0.15) is 19.4 Å². The first-order chi connectivity index (χ1) is 6.93. The van der Waals surface area contributed by atoms with Gasteiger partial charge in [-0.15, -0.1) is 0 Å². The summed E-state index contributed by atoms with van der Waals surface area (Å²) in [6.45, 7) is 3.28. The molecule has 0 unspecified atom stereocenters. The number of hydrogen-bond acceptors (Lipinski definition) is 2. The van der Waals surface area contributed by atoms with Crippen molar-refractivity contribution in [2.45, 2.75) is 25.9 Å². The maximum atomic E-state index is 13.2. The summed E-state index contributed by atoms with van der Waals surface area (Å²) in [6, 6.07) is 6.29. The van der Waals surface area contributed by atoms with Crippen LogP contribution >= 0.6 is 0 Å². The van der Waals surface area contributed by atoms with Gasteiger partial charge < -0.3 is 5.11 Å². The van der Waals surface area contributed by atoms with Crippen LogP contribution in [0.3, 0.4) is 0 Å². The average Bonchev–Trinajstić information content (AvgIpc) is 2.16. The van der Waals surface area contributed by atoms with Crippen molar-refractivity contribution in [1.29, 1.82) is 0 Å². The predicted octanol–water partition coefficient (Wildman–Crippen LogP) is 1.78. The molecule has 0 aliphatic rings. The number of hydrogen-bond donors (Lipinski definition) is 2. The Hall–Kier alpha value is -1.42. The van der Waals surface area contributed by atoms with Crippen molar-refractivity contribution in [3.05, 3.63) is 35.6 Å². The van der Waals surface area contributed by atoms with Crippen molar-refractivity contribution in [2.24, 2.45) is 0 Å². The van der Waals surface area contributed by atoms with Crippen molar-refractivity contribution in [3.63, 3.8) is 0 Å². The SMILES string of the molecule is CC(C)(NCc1ccccc1F)C(=O)O. The molecule has 0 radical (unpaired) electrons. The largest absolute Gasteiger partial charge is 0.480 e. The Morgan fingerprint density at radius 1 is 1.47 bits per heavy atom. The minimum Gasteiger partial charge on any atom is -0.480 e. The maximum absolute atomic E-state index is 13.2. The third-order valence-electron chi connectivity index (χ3n) is 2.21. The van der Waals surface area contributed by atoms with Crippen molar-refractivity contribution >= 4 is 5.97 Å². The van der Waals surface area contributed by atoms with Crippen LogP contribution in [-0.4, -0.2) is 16.6 Å². The van der Waals surface area contributed by atoms with E-state index in [0.717, 1.165) is 0 Å². The Balaban J connectivity index is 2.66. The molecule has 0 aliphatic heterocycles. The topological polar surface area (TPSA) is 49.3 Å². The molecule has 0 bridgehead atoms. The first-order valence-corrected chi connectivity index (χ1v) is 4.65. The van der Waals surface area contributed by atoms with Crippen LogP contribution in [0.4, 0.5) is 4.39 Å². The van der Waals surface area contributed by atoms with E-state index < -0.39 is 11.5 Å².